The first-order valence-corrected chi connectivity index (χ1v) is 5.99. The van der Waals surface area contributed by atoms with E-state index in [-0.39, 0.29) is 0 Å². The van der Waals surface area contributed by atoms with Crippen molar-refractivity contribution in [3.8, 4) is 5.75 Å². The van der Waals surface area contributed by atoms with Crippen molar-refractivity contribution < 1.29 is 4.74 Å². The van der Waals surface area contributed by atoms with E-state index in [1.807, 2.05) is 31.4 Å². The van der Waals surface area contributed by atoms with Crippen LogP contribution in [-0.2, 0) is 19.9 Å². The highest BCUT2D eigenvalue weighted by Gasteiger charge is 2.32. The van der Waals surface area contributed by atoms with Crippen molar-refractivity contribution in [1.82, 2.24) is 15.0 Å². The largest absolute Gasteiger partial charge is 0.491 e. The van der Waals surface area contributed by atoms with Crippen LogP contribution in [0.5, 0.6) is 5.75 Å². The summed E-state index contributed by atoms with van der Waals surface area (Å²) in [4.78, 5) is 0. The van der Waals surface area contributed by atoms with E-state index >= 15 is 0 Å². The third kappa shape index (κ3) is 2.09. The molecule has 1 atom stereocenters. The Hall–Kier alpha value is -1.88. The maximum Gasteiger partial charge on any atom is 0.122 e. The average Bonchev–Trinajstić information content (AvgIpc) is 2.74. The summed E-state index contributed by atoms with van der Waals surface area (Å²) in [6.45, 7) is 0.514. The smallest absolute Gasteiger partial charge is 0.122 e. The van der Waals surface area contributed by atoms with E-state index < -0.39 is 5.54 Å². The van der Waals surface area contributed by atoms with Crippen LogP contribution in [-0.4, -0.2) is 27.1 Å². The molecule has 1 aromatic heterocycles. The zero-order chi connectivity index (χ0) is 12.6. The summed E-state index contributed by atoms with van der Waals surface area (Å²) < 4.78 is 7.43. The number of ether oxygens (including phenoxy) is 1. The maximum absolute atomic E-state index is 6.41. The van der Waals surface area contributed by atoms with Crippen molar-refractivity contribution in [3.63, 3.8) is 0 Å². The fourth-order valence-electron chi connectivity index (χ4n) is 2.39. The van der Waals surface area contributed by atoms with Crippen LogP contribution in [0.15, 0.2) is 30.5 Å². The van der Waals surface area contributed by atoms with Crippen molar-refractivity contribution in [2.75, 3.05) is 6.61 Å². The number of nitrogens with two attached hydrogens (primary N) is 1. The van der Waals surface area contributed by atoms with E-state index in [2.05, 4.69) is 16.4 Å². The molecule has 0 amide bonds. The summed E-state index contributed by atoms with van der Waals surface area (Å²) in [5, 5.41) is 8.02. The Balaban J connectivity index is 1.81. The second-order valence-electron chi connectivity index (χ2n) is 5.00. The lowest BCUT2D eigenvalue weighted by Gasteiger charge is -2.34. The summed E-state index contributed by atoms with van der Waals surface area (Å²) in [5.41, 5.74) is 8.08. The predicted molar refractivity (Wildman–Crippen MR) is 67.3 cm³/mol. The molecule has 18 heavy (non-hydrogen) atoms. The molecule has 1 aromatic carbocycles. The quantitative estimate of drug-likeness (QED) is 0.844. The summed E-state index contributed by atoms with van der Waals surface area (Å²) >= 11 is 0. The lowest BCUT2D eigenvalue weighted by Crippen LogP contribution is -2.51. The molecule has 0 spiro atoms. The van der Waals surface area contributed by atoms with Gasteiger partial charge >= 0.3 is 0 Å². The summed E-state index contributed by atoms with van der Waals surface area (Å²) in [6, 6.07) is 8.03. The number of nitrogens with zero attached hydrogens (tertiary/aromatic N) is 3. The molecule has 2 heterocycles. The van der Waals surface area contributed by atoms with Crippen molar-refractivity contribution in [3.05, 3.63) is 41.7 Å². The number of hydrogen-bond acceptors (Lipinski definition) is 4. The number of fused-ring (bicyclic) bond motifs is 1. The van der Waals surface area contributed by atoms with E-state index in [0.29, 0.717) is 13.0 Å². The Labute approximate surface area is 106 Å². The number of hydrogen-bond donors (Lipinski definition) is 1. The molecule has 0 saturated carbocycles. The van der Waals surface area contributed by atoms with E-state index in [0.717, 1.165) is 23.4 Å². The van der Waals surface area contributed by atoms with E-state index in [1.54, 1.807) is 4.68 Å². The number of benzene rings is 1. The fraction of sp³-hybridized carbons (Fsp3) is 0.385. The first-order chi connectivity index (χ1) is 8.65. The minimum Gasteiger partial charge on any atom is -0.491 e. The highest BCUT2D eigenvalue weighted by atomic mass is 16.5. The Kier molecular flexibility index (Phi) is 2.56. The van der Waals surface area contributed by atoms with Gasteiger partial charge in [-0.1, -0.05) is 23.4 Å². The van der Waals surface area contributed by atoms with Gasteiger partial charge in [0, 0.05) is 19.7 Å². The molecule has 1 unspecified atom stereocenters. The van der Waals surface area contributed by atoms with Crippen LogP contribution in [0.2, 0.25) is 0 Å². The highest BCUT2D eigenvalue weighted by molar-refractivity contribution is 5.37. The van der Waals surface area contributed by atoms with Crippen LogP contribution >= 0.6 is 0 Å². The molecule has 94 valence electrons. The number of rotatable bonds is 2. The van der Waals surface area contributed by atoms with Gasteiger partial charge < -0.3 is 10.5 Å². The van der Waals surface area contributed by atoms with Gasteiger partial charge in [-0.3, -0.25) is 4.68 Å². The molecule has 1 aliphatic heterocycles. The Morgan fingerprint density at radius 2 is 2.28 bits per heavy atom. The van der Waals surface area contributed by atoms with Gasteiger partial charge in [-0.25, -0.2) is 0 Å². The number of aromatic nitrogens is 3. The minimum absolute atomic E-state index is 0.398. The molecule has 0 aliphatic carbocycles. The van der Waals surface area contributed by atoms with Crippen LogP contribution in [0.4, 0.5) is 0 Å². The Morgan fingerprint density at radius 1 is 1.44 bits per heavy atom. The second-order valence-corrected chi connectivity index (χ2v) is 5.00. The van der Waals surface area contributed by atoms with Crippen molar-refractivity contribution >= 4 is 0 Å². The van der Waals surface area contributed by atoms with Crippen molar-refractivity contribution in [2.45, 2.75) is 18.4 Å². The topological polar surface area (TPSA) is 66.0 Å². The molecule has 0 radical (unpaired) electrons. The molecular weight excluding hydrogens is 228 g/mol. The monoisotopic (exact) mass is 244 g/mol. The lowest BCUT2D eigenvalue weighted by molar-refractivity contribution is 0.189. The molecule has 0 saturated heterocycles. The van der Waals surface area contributed by atoms with Crippen LogP contribution in [0.1, 0.15) is 11.3 Å². The second kappa shape index (κ2) is 4.10. The highest BCUT2D eigenvalue weighted by Crippen LogP contribution is 2.29. The molecule has 5 heteroatoms. The van der Waals surface area contributed by atoms with Gasteiger partial charge in [-0.15, -0.1) is 5.10 Å². The van der Waals surface area contributed by atoms with E-state index in [1.165, 1.54) is 0 Å². The first-order valence-electron chi connectivity index (χ1n) is 5.99. The molecule has 2 aromatic rings. The third-order valence-electron chi connectivity index (χ3n) is 3.21. The molecular formula is C13H16N4O. The van der Waals surface area contributed by atoms with Crippen LogP contribution in [0.25, 0.3) is 0 Å². The van der Waals surface area contributed by atoms with E-state index in [4.69, 9.17) is 10.5 Å². The zero-order valence-corrected chi connectivity index (χ0v) is 10.3. The SMILES string of the molecule is Cn1cc(CC2(N)COc3ccccc3C2)nn1. The zero-order valence-electron chi connectivity index (χ0n) is 10.3. The number of aryl methyl sites for hydroxylation is 1. The van der Waals surface area contributed by atoms with Gasteiger partial charge in [0.25, 0.3) is 0 Å². The first kappa shape index (κ1) is 11.2. The lowest BCUT2D eigenvalue weighted by atomic mass is 9.86. The molecule has 3 rings (SSSR count). The number of para-hydroxylation sites is 1. The third-order valence-corrected chi connectivity index (χ3v) is 3.21. The van der Waals surface area contributed by atoms with Gasteiger partial charge in [-0.05, 0) is 18.1 Å². The van der Waals surface area contributed by atoms with Gasteiger partial charge in [0.1, 0.15) is 12.4 Å². The van der Waals surface area contributed by atoms with Gasteiger partial charge in [-0.2, -0.15) is 0 Å². The molecule has 1 aliphatic rings. The molecule has 0 fully saturated rings. The summed E-state index contributed by atoms with van der Waals surface area (Å²) in [6.07, 6.45) is 3.38. The molecule has 5 nitrogen and oxygen atoms in total. The minimum atomic E-state index is -0.398. The molecule has 0 bridgehead atoms. The van der Waals surface area contributed by atoms with Gasteiger partial charge in [0.05, 0.1) is 11.2 Å². The fourth-order valence-corrected chi connectivity index (χ4v) is 2.39. The van der Waals surface area contributed by atoms with Gasteiger partial charge in [0.15, 0.2) is 0 Å². The standard InChI is InChI=1S/C13H16N4O/c1-17-8-11(15-16-17)7-13(14)6-10-4-2-3-5-12(10)18-9-13/h2-5,8H,6-7,9,14H2,1H3. The predicted octanol–water partition coefficient (Wildman–Crippen LogP) is 0.690. The van der Waals surface area contributed by atoms with Crippen molar-refractivity contribution in [2.24, 2.45) is 12.8 Å². The average molecular weight is 244 g/mol. The molecule has 2 N–H and O–H groups in total. The van der Waals surface area contributed by atoms with Crippen LogP contribution < -0.4 is 10.5 Å². The van der Waals surface area contributed by atoms with Gasteiger partial charge in [0.2, 0.25) is 0 Å². The maximum atomic E-state index is 6.41. The summed E-state index contributed by atoms with van der Waals surface area (Å²) in [5.74, 6) is 0.942. The van der Waals surface area contributed by atoms with Crippen LogP contribution in [0, 0.1) is 0 Å². The Morgan fingerprint density at radius 3 is 3.06 bits per heavy atom. The summed E-state index contributed by atoms with van der Waals surface area (Å²) in [7, 11) is 1.85. The van der Waals surface area contributed by atoms with Crippen molar-refractivity contribution in [1.29, 1.82) is 0 Å². The Bertz CT molecular complexity index is 566. The normalized spacial score (nSPS) is 22.3. The van der Waals surface area contributed by atoms with Crippen LogP contribution in [0.3, 0.4) is 0 Å². The van der Waals surface area contributed by atoms with E-state index in [9.17, 15) is 0 Å².